The molecule has 0 aromatic rings. The van der Waals surface area contributed by atoms with Crippen molar-refractivity contribution < 1.29 is 4.74 Å². The number of fused-ring (bicyclic) bond motifs is 2. The van der Waals surface area contributed by atoms with Crippen molar-refractivity contribution in [2.75, 3.05) is 7.05 Å². The van der Waals surface area contributed by atoms with Gasteiger partial charge in [-0.2, -0.15) is 0 Å². The Balaban J connectivity index is 2.02. The summed E-state index contributed by atoms with van der Waals surface area (Å²) >= 11 is 0. The molecule has 14 heavy (non-hydrogen) atoms. The topological polar surface area (TPSA) is 21.3 Å². The van der Waals surface area contributed by atoms with Crippen molar-refractivity contribution in [1.29, 1.82) is 0 Å². The lowest BCUT2D eigenvalue weighted by Crippen LogP contribution is -2.37. The molecule has 0 saturated carbocycles. The van der Waals surface area contributed by atoms with Crippen molar-refractivity contribution in [3.05, 3.63) is 11.6 Å². The Hall–Kier alpha value is -0.340. The number of ether oxygens (including phenoxy) is 1. The molecule has 2 rings (SSSR count). The van der Waals surface area contributed by atoms with Crippen LogP contribution < -0.4 is 5.32 Å². The average Bonchev–Trinajstić information content (AvgIpc) is 2.74. The molecule has 2 saturated heterocycles. The summed E-state index contributed by atoms with van der Waals surface area (Å²) in [5.41, 5.74) is 1.40. The summed E-state index contributed by atoms with van der Waals surface area (Å²) in [4.78, 5) is 0. The van der Waals surface area contributed by atoms with Crippen molar-refractivity contribution in [2.45, 2.75) is 51.4 Å². The van der Waals surface area contributed by atoms with E-state index in [1.54, 1.807) is 0 Å². The van der Waals surface area contributed by atoms with E-state index in [-0.39, 0.29) is 0 Å². The molecule has 0 aliphatic carbocycles. The van der Waals surface area contributed by atoms with Gasteiger partial charge in [-0.25, -0.2) is 0 Å². The normalized spacial score (nSPS) is 37.2. The van der Waals surface area contributed by atoms with Crippen LogP contribution >= 0.6 is 0 Å². The summed E-state index contributed by atoms with van der Waals surface area (Å²) < 4.78 is 5.88. The Bertz CT molecular complexity index is 232. The first-order valence-electron chi connectivity index (χ1n) is 5.68. The quantitative estimate of drug-likeness (QED) is 0.696. The molecule has 0 aromatic carbocycles. The van der Waals surface area contributed by atoms with Gasteiger partial charge in [0, 0.05) is 12.0 Å². The van der Waals surface area contributed by atoms with Crippen molar-refractivity contribution >= 4 is 0 Å². The van der Waals surface area contributed by atoms with Crippen molar-refractivity contribution in [3.8, 4) is 0 Å². The molecule has 4 unspecified atom stereocenters. The zero-order valence-corrected chi connectivity index (χ0v) is 9.42. The molecule has 2 heterocycles. The van der Waals surface area contributed by atoms with Gasteiger partial charge in [0.2, 0.25) is 0 Å². The van der Waals surface area contributed by atoms with Crippen LogP contribution in [0.1, 0.15) is 33.1 Å². The van der Waals surface area contributed by atoms with E-state index >= 15 is 0 Å². The minimum atomic E-state index is 0.510. The fraction of sp³-hybridized carbons (Fsp3) is 0.833. The van der Waals surface area contributed by atoms with Crippen LogP contribution in [-0.2, 0) is 4.74 Å². The van der Waals surface area contributed by atoms with Crippen LogP contribution in [-0.4, -0.2) is 25.3 Å². The highest BCUT2D eigenvalue weighted by molar-refractivity contribution is 5.07. The van der Waals surface area contributed by atoms with E-state index in [0.717, 1.165) is 0 Å². The number of hydrogen-bond donors (Lipinski definition) is 1. The molecule has 1 N–H and O–H groups in total. The summed E-state index contributed by atoms with van der Waals surface area (Å²) in [6.45, 7) is 4.33. The molecule has 0 aromatic heterocycles. The first-order chi connectivity index (χ1) is 6.70. The van der Waals surface area contributed by atoms with Gasteiger partial charge in [-0.1, -0.05) is 11.6 Å². The van der Waals surface area contributed by atoms with E-state index in [0.29, 0.717) is 24.2 Å². The Kier molecular flexibility index (Phi) is 2.93. The maximum atomic E-state index is 5.88. The fourth-order valence-electron chi connectivity index (χ4n) is 2.84. The lowest BCUT2D eigenvalue weighted by Gasteiger charge is -2.26. The van der Waals surface area contributed by atoms with Crippen LogP contribution in [0.3, 0.4) is 0 Å². The Labute approximate surface area is 86.7 Å². The van der Waals surface area contributed by atoms with Gasteiger partial charge in [-0.05, 0) is 40.2 Å². The van der Waals surface area contributed by atoms with Gasteiger partial charge in [0.25, 0.3) is 0 Å². The van der Waals surface area contributed by atoms with E-state index in [4.69, 9.17) is 4.74 Å². The van der Waals surface area contributed by atoms with E-state index < -0.39 is 0 Å². The lowest BCUT2D eigenvalue weighted by molar-refractivity contribution is 0.0892. The van der Waals surface area contributed by atoms with Crippen LogP contribution in [0.25, 0.3) is 0 Å². The van der Waals surface area contributed by atoms with E-state index in [1.165, 1.54) is 24.8 Å². The molecule has 2 aliphatic rings. The van der Waals surface area contributed by atoms with Gasteiger partial charge >= 0.3 is 0 Å². The van der Waals surface area contributed by atoms with Crippen molar-refractivity contribution in [1.82, 2.24) is 5.32 Å². The molecule has 2 bridgehead atoms. The van der Waals surface area contributed by atoms with Gasteiger partial charge in [0.1, 0.15) is 0 Å². The number of rotatable bonds is 3. The monoisotopic (exact) mass is 195 g/mol. The second-order valence-corrected chi connectivity index (χ2v) is 4.83. The zero-order valence-electron chi connectivity index (χ0n) is 9.42. The summed E-state index contributed by atoms with van der Waals surface area (Å²) in [7, 11) is 2.05. The lowest BCUT2D eigenvalue weighted by atomic mass is 9.83. The summed E-state index contributed by atoms with van der Waals surface area (Å²) in [5, 5.41) is 3.40. The minimum Gasteiger partial charge on any atom is -0.375 e. The van der Waals surface area contributed by atoms with Gasteiger partial charge in [-0.3, -0.25) is 0 Å². The third-order valence-corrected chi connectivity index (χ3v) is 3.46. The van der Waals surface area contributed by atoms with E-state index in [9.17, 15) is 0 Å². The van der Waals surface area contributed by atoms with Gasteiger partial charge in [0.05, 0.1) is 12.2 Å². The third-order valence-electron chi connectivity index (χ3n) is 3.46. The smallest absolute Gasteiger partial charge is 0.0626 e. The summed E-state index contributed by atoms with van der Waals surface area (Å²) in [6, 6.07) is 0.510. The molecular formula is C12H21NO. The predicted molar refractivity (Wildman–Crippen MR) is 58.3 cm³/mol. The number of hydrogen-bond acceptors (Lipinski definition) is 2. The zero-order chi connectivity index (χ0) is 10.1. The number of nitrogens with one attached hydrogen (secondary N) is 1. The average molecular weight is 195 g/mol. The largest absolute Gasteiger partial charge is 0.375 e. The van der Waals surface area contributed by atoms with Crippen LogP contribution in [0, 0.1) is 5.92 Å². The van der Waals surface area contributed by atoms with Crippen molar-refractivity contribution in [3.63, 3.8) is 0 Å². The molecule has 2 fully saturated rings. The van der Waals surface area contributed by atoms with Crippen LogP contribution in [0.5, 0.6) is 0 Å². The molecule has 2 nitrogen and oxygen atoms in total. The van der Waals surface area contributed by atoms with E-state index in [2.05, 4.69) is 32.3 Å². The van der Waals surface area contributed by atoms with Gasteiger partial charge < -0.3 is 10.1 Å². The minimum absolute atomic E-state index is 0.510. The Morgan fingerprint density at radius 3 is 2.64 bits per heavy atom. The molecule has 0 amide bonds. The third kappa shape index (κ3) is 1.86. The first kappa shape index (κ1) is 10.2. The SMILES string of the molecule is CNC(C=C(C)C)C1CC2CCC1O2. The Morgan fingerprint density at radius 2 is 2.21 bits per heavy atom. The molecular weight excluding hydrogens is 174 g/mol. The highest BCUT2D eigenvalue weighted by Gasteiger charge is 2.43. The molecule has 0 spiro atoms. The molecule has 2 heteroatoms. The van der Waals surface area contributed by atoms with Crippen LogP contribution in [0.15, 0.2) is 11.6 Å². The van der Waals surface area contributed by atoms with Crippen LogP contribution in [0.4, 0.5) is 0 Å². The summed E-state index contributed by atoms with van der Waals surface area (Å²) in [6.07, 6.45) is 7.23. The number of likely N-dealkylation sites (N-methyl/N-ethyl adjacent to an activating group) is 1. The molecule has 2 aliphatic heterocycles. The van der Waals surface area contributed by atoms with Crippen molar-refractivity contribution in [2.24, 2.45) is 5.92 Å². The first-order valence-corrected chi connectivity index (χ1v) is 5.68. The molecule has 0 radical (unpaired) electrons. The second kappa shape index (κ2) is 4.03. The van der Waals surface area contributed by atoms with Crippen LogP contribution in [0.2, 0.25) is 0 Å². The van der Waals surface area contributed by atoms with Gasteiger partial charge in [0.15, 0.2) is 0 Å². The maximum absolute atomic E-state index is 5.88. The second-order valence-electron chi connectivity index (χ2n) is 4.83. The number of allylic oxidation sites excluding steroid dienone is 1. The highest BCUT2D eigenvalue weighted by Crippen LogP contribution is 2.40. The molecule has 80 valence electrons. The Morgan fingerprint density at radius 1 is 1.43 bits per heavy atom. The predicted octanol–water partition coefficient (Wildman–Crippen LogP) is 2.11. The maximum Gasteiger partial charge on any atom is 0.0626 e. The summed E-state index contributed by atoms with van der Waals surface area (Å²) in [5.74, 6) is 0.702. The molecule has 4 atom stereocenters. The fourth-order valence-corrected chi connectivity index (χ4v) is 2.84. The van der Waals surface area contributed by atoms with E-state index in [1.807, 2.05) is 0 Å². The van der Waals surface area contributed by atoms with Gasteiger partial charge in [-0.15, -0.1) is 0 Å². The standard InChI is InChI=1S/C12H21NO/c1-8(2)6-11(13-3)10-7-9-4-5-12(10)14-9/h6,9-13H,4-5,7H2,1-3H3. The highest BCUT2D eigenvalue weighted by atomic mass is 16.5.